The Kier molecular flexibility index (Phi) is 4.87. The summed E-state index contributed by atoms with van der Waals surface area (Å²) < 4.78 is 14.2. The Morgan fingerprint density at radius 1 is 1.50 bits per heavy atom. The van der Waals surface area contributed by atoms with E-state index in [0.717, 1.165) is 4.47 Å². The Bertz CT molecular complexity index is 443. The van der Waals surface area contributed by atoms with Gasteiger partial charge in [0.25, 0.3) is 0 Å². The number of nitrogens with one attached hydrogen (secondary N) is 1. The van der Waals surface area contributed by atoms with Crippen LogP contribution in [0.1, 0.15) is 26.3 Å². The Morgan fingerprint density at radius 3 is 2.67 bits per heavy atom. The Labute approximate surface area is 115 Å². The van der Waals surface area contributed by atoms with Gasteiger partial charge in [0.05, 0.1) is 6.04 Å². The van der Waals surface area contributed by atoms with Gasteiger partial charge in [-0.2, -0.15) is 0 Å². The fourth-order valence-corrected chi connectivity index (χ4v) is 1.77. The highest BCUT2D eigenvalue weighted by atomic mass is 79.9. The number of nitrogens with two attached hydrogens (primary N) is 1. The van der Waals surface area contributed by atoms with Crippen molar-refractivity contribution >= 4 is 21.8 Å². The first-order chi connectivity index (χ1) is 8.21. The van der Waals surface area contributed by atoms with E-state index in [-0.39, 0.29) is 23.7 Å². The smallest absolute Gasteiger partial charge is 0.237 e. The summed E-state index contributed by atoms with van der Waals surface area (Å²) in [5.41, 5.74) is 5.92. The summed E-state index contributed by atoms with van der Waals surface area (Å²) in [5.74, 6) is -0.621. The molecule has 3 N–H and O–H groups in total. The van der Waals surface area contributed by atoms with Gasteiger partial charge >= 0.3 is 0 Å². The highest BCUT2D eigenvalue weighted by molar-refractivity contribution is 9.10. The van der Waals surface area contributed by atoms with E-state index in [1.165, 1.54) is 6.07 Å². The first kappa shape index (κ1) is 15.1. The minimum Gasteiger partial charge on any atom is -0.351 e. The molecule has 0 unspecified atom stereocenters. The minimum absolute atomic E-state index is 0.133. The van der Waals surface area contributed by atoms with Crippen molar-refractivity contribution in [3.63, 3.8) is 0 Å². The summed E-state index contributed by atoms with van der Waals surface area (Å²) in [4.78, 5) is 11.8. The van der Waals surface area contributed by atoms with Gasteiger partial charge in [-0.15, -0.1) is 0 Å². The van der Waals surface area contributed by atoms with Crippen LogP contribution in [0.4, 0.5) is 4.39 Å². The normalized spacial score (nSPS) is 13.2. The van der Waals surface area contributed by atoms with Crippen LogP contribution in [0, 0.1) is 11.2 Å². The number of benzene rings is 1. The number of carbonyl (C=O) groups is 1. The molecule has 0 aliphatic heterocycles. The number of hydrogen-bond donors (Lipinski definition) is 2. The van der Waals surface area contributed by atoms with Gasteiger partial charge < -0.3 is 11.1 Å². The quantitative estimate of drug-likeness (QED) is 0.900. The van der Waals surface area contributed by atoms with Crippen LogP contribution >= 0.6 is 15.9 Å². The standard InChI is InChI=1S/C13H18BrFN2O/c1-13(2,3)11(16)12(18)17-7-8-6-9(14)4-5-10(8)15/h4-6,11H,7,16H2,1-3H3,(H,17,18)/t11-/m0/s1. The first-order valence-electron chi connectivity index (χ1n) is 5.69. The van der Waals surface area contributed by atoms with Crippen molar-refractivity contribution in [3.05, 3.63) is 34.1 Å². The van der Waals surface area contributed by atoms with E-state index in [9.17, 15) is 9.18 Å². The molecular formula is C13H18BrFN2O. The van der Waals surface area contributed by atoms with Crippen LogP contribution in [0.2, 0.25) is 0 Å². The fraction of sp³-hybridized carbons (Fsp3) is 0.462. The first-order valence-corrected chi connectivity index (χ1v) is 6.48. The molecule has 0 saturated heterocycles. The molecular weight excluding hydrogens is 299 g/mol. The van der Waals surface area contributed by atoms with Gasteiger partial charge in [-0.25, -0.2) is 4.39 Å². The van der Waals surface area contributed by atoms with Gasteiger partial charge in [0, 0.05) is 16.6 Å². The SMILES string of the molecule is CC(C)(C)[C@@H](N)C(=O)NCc1cc(Br)ccc1F. The number of rotatable bonds is 3. The summed E-state index contributed by atoms with van der Waals surface area (Å²) >= 11 is 3.26. The van der Waals surface area contributed by atoms with Crippen LogP contribution < -0.4 is 11.1 Å². The average molecular weight is 317 g/mol. The summed E-state index contributed by atoms with van der Waals surface area (Å²) in [6, 6.07) is 3.99. The van der Waals surface area contributed by atoms with E-state index in [0.29, 0.717) is 5.56 Å². The van der Waals surface area contributed by atoms with Gasteiger partial charge in [-0.1, -0.05) is 36.7 Å². The van der Waals surface area contributed by atoms with Gasteiger partial charge in [0.1, 0.15) is 5.82 Å². The van der Waals surface area contributed by atoms with Crippen molar-refractivity contribution < 1.29 is 9.18 Å². The minimum atomic E-state index is -0.618. The van der Waals surface area contributed by atoms with Crippen LogP contribution in [0.25, 0.3) is 0 Å². The molecule has 0 aliphatic carbocycles. The van der Waals surface area contributed by atoms with E-state index < -0.39 is 6.04 Å². The van der Waals surface area contributed by atoms with Crippen molar-refractivity contribution in [1.29, 1.82) is 0 Å². The molecule has 0 radical (unpaired) electrons. The lowest BCUT2D eigenvalue weighted by Crippen LogP contribution is -2.48. The Hall–Kier alpha value is -0.940. The number of carbonyl (C=O) groups excluding carboxylic acids is 1. The lowest BCUT2D eigenvalue weighted by Gasteiger charge is -2.25. The molecule has 0 bridgehead atoms. The van der Waals surface area contributed by atoms with E-state index in [2.05, 4.69) is 21.2 Å². The molecule has 1 aromatic carbocycles. The van der Waals surface area contributed by atoms with E-state index in [1.54, 1.807) is 12.1 Å². The summed E-state index contributed by atoms with van der Waals surface area (Å²) in [6.07, 6.45) is 0. The van der Waals surface area contributed by atoms with Crippen LogP contribution in [0.3, 0.4) is 0 Å². The third-order valence-corrected chi connectivity index (χ3v) is 3.17. The van der Waals surface area contributed by atoms with Gasteiger partial charge in [-0.05, 0) is 23.6 Å². The zero-order chi connectivity index (χ0) is 13.9. The molecule has 0 spiro atoms. The van der Waals surface area contributed by atoms with Crippen molar-refractivity contribution in [2.24, 2.45) is 11.1 Å². The topological polar surface area (TPSA) is 55.1 Å². The molecule has 1 aromatic rings. The van der Waals surface area contributed by atoms with Gasteiger partial charge in [0.2, 0.25) is 5.91 Å². The molecule has 18 heavy (non-hydrogen) atoms. The summed E-state index contributed by atoms with van der Waals surface area (Å²) in [6.45, 7) is 5.79. The average Bonchev–Trinajstić information content (AvgIpc) is 2.27. The van der Waals surface area contributed by atoms with Crippen LogP contribution in [0.5, 0.6) is 0 Å². The monoisotopic (exact) mass is 316 g/mol. The maximum atomic E-state index is 13.5. The predicted octanol–water partition coefficient (Wildman–Crippen LogP) is 2.58. The summed E-state index contributed by atoms with van der Waals surface area (Å²) in [7, 11) is 0. The molecule has 0 fully saturated rings. The van der Waals surface area contributed by atoms with E-state index >= 15 is 0 Å². The molecule has 0 heterocycles. The number of hydrogen-bond acceptors (Lipinski definition) is 2. The number of halogens is 2. The lowest BCUT2D eigenvalue weighted by molar-refractivity contribution is -0.124. The lowest BCUT2D eigenvalue weighted by atomic mass is 9.87. The zero-order valence-electron chi connectivity index (χ0n) is 10.8. The molecule has 3 nitrogen and oxygen atoms in total. The maximum Gasteiger partial charge on any atom is 0.237 e. The second-order valence-corrected chi connectivity index (χ2v) is 6.21. The van der Waals surface area contributed by atoms with Crippen LogP contribution in [-0.4, -0.2) is 11.9 Å². The Morgan fingerprint density at radius 2 is 2.11 bits per heavy atom. The largest absolute Gasteiger partial charge is 0.351 e. The maximum absolute atomic E-state index is 13.5. The molecule has 0 aliphatic rings. The second-order valence-electron chi connectivity index (χ2n) is 5.30. The van der Waals surface area contributed by atoms with Crippen molar-refractivity contribution in [2.45, 2.75) is 33.4 Å². The van der Waals surface area contributed by atoms with Gasteiger partial charge in [-0.3, -0.25) is 4.79 Å². The molecule has 1 amide bonds. The van der Waals surface area contributed by atoms with Crippen LogP contribution in [0.15, 0.2) is 22.7 Å². The van der Waals surface area contributed by atoms with Crippen molar-refractivity contribution in [2.75, 3.05) is 0 Å². The third-order valence-electron chi connectivity index (χ3n) is 2.68. The molecule has 100 valence electrons. The summed E-state index contributed by atoms with van der Waals surface area (Å²) in [5, 5.41) is 2.65. The highest BCUT2D eigenvalue weighted by Crippen LogP contribution is 2.18. The Balaban J connectivity index is 2.66. The van der Waals surface area contributed by atoms with Gasteiger partial charge in [0.15, 0.2) is 0 Å². The molecule has 0 saturated carbocycles. The van der Waals surface area contributed by atoms with Crippen molar-refractivity contribution in [3.8, 4) is 0 Å². The van der Waals surface area contributed by atoms with E-state index in [4.69, 9.17) is 5.73 Å². The fourth-order valence-electron chi connectivity index (χ4n) is 1.36. The predicted molar refractivity (Wildman–Crippen MR) is 73.4 cm³/mol. The highest BCUT2D eigenvalue weighted by Gasteiger charge is 2.27. The van der Waals surface area contributed by atoms with Crippen molar-refractivity contribution in [1.82, 2.24) is 5.32 Å². The molecule has 1 atom stereocenters. The van der Waals surface area contributed by atoms with Crippen LogP contribution in [-0.2, 0) is 11.3 Å². The molecule has 0 aromatic heterocycles. The van der Waals surface area contributed by atoms with E-state index in [1.807, 2.05) is 20.8 Å². The molecule has 5 heteroatoms. The zero-order valence-corrected chi connectivity index (χ0v) is 12.3. The third kappa shape index (κ3) is 4.07. The number of amides is 1. The second kappa shape index (κ2) is 5.80. The molecule has 1 rings (SSSR count).